The molecule has 2 aliphatic heterocycles. The monoisotopic (exact) mass is 482 g/mol. The zero-order chi connectivity index (χ0) is 25.6. The Bertz CT molecular complexity index is 1350. The summed E-state index contributed by atoms with van der Waals surface area (Å²) in [6.07, 6.45) is 4.11. The van der Waals surface area contributed by atoms with Gasteiger partial charge in [-0.25, -0.2) is 0 Å². The number of aliphatic hydroxyl groups is 1. The second-order valence-electron chi connectivity index (χ2n) is 10.6. The van der Waals surface area contributed by atoms with Crippen LogP contribution in [-0.2, 0) is 28.0 Å². The Kier molecular flexibility index (Phi) is 5.91. The van der Waals surface area contributed by atoms with Gasteiger partial charge in [0.1, 0.15) is 17.6 Å². The van der Waals surface area contributed by atoms with Crippen molar-refractivity contribution in [3.8, 4) is 5.75 Å². The quantitative estimate of drug-likeness (QED) is 0.309. The second-order valence-corrected chi connectivity index (χ2v) is 10.6. The molecule has 6 heteroatoms. The first-order valence-corrected chi connectivity index (χ1v) is 12.2. The third-order valence-electron chi connectivity index (χ3n) is 6.90. The van der Waals surface area contributed by atoms with E-state index in [1.165, 1.54) is 4.90 Å². The minimum absolute atomic E-state index is 0.0407. The van der Waals surface area contributed by atoms with Gasteiger partial charge in [0.2, 0.25) is 0 Å². The van der Waals surface area contributed by atoms with Crippen molar-refractivity contribution in [3.63, 3.8) is 0 Å². The SMILES string of the molecule is CC1Cc2cc(/C(O)=C3\C(=O)C(=O)N(Cc4ccncc4)C3c3ccc(C(C)(C)C)cc3)ccc2O1. The average molecular weight is 483 g/mol. The summed E-state index contributed by atoms with van der Waals surface area (Å²) in [6, 6.07) is 16.3. The number of nitrogens with zero attached hydrogens (tertiary/aromatic N) is 2. The molecule has 0 bridgehead atoms. The van der Waals surface area contributed by atoms with E-state index in [1.54, 1.807) is 18.5 Å². The number of rotatable bonds is 4. The van der Waals surface area contributed by atoms with E-state index in [2.05, 4.69) is 25.8 Å². The van der Waals surface area contributed by atoms with Gasteiger partial charge in [0.25, 0.3) is 11.7 Å². The van der Waals surface area contributed by atoms with Crippen molar-refractivity contribution in [1.29, 1.82) is 0 Å². The molecule has 1 amide bonds. The standard InChI is InChI=1S/C30H30N2O4/c1-18-15-22-16-21(7-10-24(22)36-18)27(33)25-26(20-5-8-23(9-6-20)30(2,3)4)32(29(35)28(25)34)17-19-11-13-31-14-12-19/h5-14,16,18,26,33H,15,17H2,1-4H3/b27-25+. The number of benzene rings is 2. The van der Waals surface area contributed by atoms with Gasteiger partial charge < -0.3 is 14.7 Å². The van der Waals surface area contributed by atoms with Crippen molar-refractivity contribution in [2.45, 2.75) is 58.2 Å². The van der Waals surface area contributed by atoms with Crippen LogP contribution in [0.3, 0.4) is 0 Å². The van der Waals surface area contributed by atoms with Crippen LogP contribution in [0.2, 0.25) is 0 Å². The van der Waals surface area contributed by atoms with Crippen molar-refractivity contribution in [3.05, 3.63) is 100 Å². The number of carbonyl (C=O) groups excluding carboxylic acids is 2. The number of ketones is 1. The summed E-state index contributed by atoms with van der Waals surface area (Å²) < 4.78 is 5.79. The number of aliphatic hydroxyl groups excluding tert-OH is 1. The maximum Gasteiger partial charge on any atom is 0.295 e. The first-order chi connectivity index (χ1) is 17.1. The molecule has 2 aromatic carbocycles. The number of amides is 1. The third-order valence-corrected chi connectivity index (χ3v) is 6.90. The number of aromatic nitrogens is 1. The lowest BCUT2D eigenvalue weighted by Crippen LogP contribution is -2.29. The highest BCUT2D eigenvalue weighted by molar-refractivity contribution is 6.46. The summed E-state index contributed by atoms with van der Waals surface area (Å²) in [6.45, 7) is 8.62. The molecule has 6 nitrogen and oxygen atoms in total. The summed E-state index contributed by atoms with van der Waals surface area (Å²) in [5, 5.41) is 11.4. The molecule has 3 heterocycles. The van der Waals surface area contributed by atoms with Gasteiger partial charge in [-0.2, -0.15) is 0 Å². The minimum atomic E-state index is -0.712. The molecule has 1 fully saturated rings. The van der Waals surface area contributed by atoms with E-state index in [4.69, 9.17) is 4.74 Å². The molecule has 0 saturated carbocycles. The first kappa shape index (κ1) is 23.8. The highest BCUT2D eigenvalue weighted by Gasteiger charge is 2.46. The van der Waals surface area contributed by atoms with Gasteiger partial charge in [-0.15, -0.1) is 0 Å². The Morgan fingerprint density at radius 2 is 1.75 bits per heavy atom. The van der Waals surface area contributed by atoms with Crippen LogP contribution >= 0.6 is 0 Å². The summed E-state index contributed by atoms with van der Waals surface area (Å²) in [5.41, 5.74) is 4.31. The lowest BCUT2D eigenvalue weighted by molar-refractivity contribution is -0.140. The molecule has 0 aliphatic carbocycles. The summed E-state index contributed by atoms with van der Waals surface area (Å²) in [5.74, 6) is -0.697. The maximum absolute atomic E-state index is 13.4. The zero-order valence-electron chi connectivity index (χ0n) is 21.0. The van der Waals surface area contributed by atoms with Gasteiger partial charge in [-0.05, 0) is 64.9 Å². The van der Waals surface area contributed by atoms with Crippen LogP contribution in [0.5, 0.6) is 5.75 Å². The third kappa shape index (κ3) is 4.28. The highest BCUT2D eigenvalue weighted by Crippen LogP contribution is 2.41. The van der Waals surface area contributed by atoms with E-state index < -0.39 is 17.7 Å². The van der Waals surface area contributed by atoms with Gasteiger partial charge in [0.15, 0.2) is 0 Å². The van der Waals surface area contributed by atoms with Crippen molar-refractivity contribution in [2.24, 2.45) is 0 Å². The molecule has 184 valence electrons. The van der Waals surface area contributed by atoms with E-state index in [0.717, 1.165) is 34.4 Å². The summed E-state index contributed by atoms with van der Waals surface area (Å²) in [7, 11) is 0. The van der Waals surface area contributed by atoms with Crippen LogP contribution in [0.4, 0.5) is 0 Å². The zero-order valence-corrected chi connectivity index (χ0v) is 21.0. The van der Waals surface area contributed by atoms with Gasteiger partial charge in [-0.1, -0.05) is 45.0 Å². The molecule has 5 rings (SSSR count). The number of likely N-dealkylation sites (tertiary alicyclic amines) is 1. The molecule has 1 saturated heterocycles. The molecule has 36 heavy (non-hydrogen) atoms. The smallest absolute Gasteiger partial charge is 0.295 e. The highest BCUT2D eigenvalue weighted by atomic mass is 16.5. The molecule has 2 unspecified atom stereocenters. The fourth-order valence-electron chi connectivity index (χ4n) is 4.96. The molecule has 3 aromatic rings. The summed E-state index contributed by atoms with van der Waals surface area (Å²) in [4.78, 5) is 32.2. The Morgan fingerprint density at radius 1 is 1.06 bits per heavy atom. The molecule has 0 radical (unpaired) electrons. The molecule has 0 spiro atoms. The van der Waals surface area contributed by atoms with Gasteiger partial charge >= 0.3 is 0 Å². The van der Waals surface area contributed by atoms with E-state index in [1.807, 2.05) is 55.5 Å². The van der Waals surface area contributed by atoms with E-state index in [-0.39, 0.29) is 29.4 Å². The van der Waals surface area contributed by atoms with Crippen LogP contribution in [0.15, 0.2) is 72.6 Å². The van der Waals surface area contributed by atoms with E-state index in [0.29, 0.717) is 5.56 Å². The average Bonchev–Trinajstić information content (AvgIpc) is 3.35. The Labute approximate surface area is 211 Å². The van der Waals surface area contributed by atoms with Gasteiger partial charge in [0, 0.05) is 30.9 Å². The van der Waals surface area contributed by atoms with Crippen molar-refractivity contribution < 1.29 is 19.4 Å². The molecule has 2 aliphatic rings. The molecular formula is C30H30N2O4. The number of ether oxygens (including phenoxy) is 1. The van der Waals surface area contributed by atoms with Crippen LogP contribution < -0.4 is 4.74 Å². The number of carbonyl (C=O) groups is 2. The van der Waals surface area contributed by atoms with E-state index in [9.17, 15) is 14.7 Å². The number of hydrogen-bond donors (Lipinski definition) is 1. The van der Waals surface area contributed by atoms with Crippen LogP contribution in [0.25, 0.3) is 5.76 Å². The fourth-order valence-corrected chi connectivity index (χ4v) is 4.96. The Morgan fingerprint density at radius 3 is 2.42 bits per heavy atom. The van der Waals surface area contributed by atoms with Crippen LogP contribution in [-0.4, -0.2) is 32.8 Å². The van der Waals surface area contributed by atoms with E-state index >= 15 is 0 Å². The molecule has 2 atom stereocenters. The second kappa shape index (κ2) is 8.94. The normalized spacial score (nSPS) is 20.9. The Balaban J connectivity index is 1.62. The number of fused-ring (bicyclic) bond motifs is 1. The van der Waals surface area contributed by atoms with Crippen molar-refractivity contribution in [2.75, 3.05) is 0 Å². The predicted molar refractivity (Wildman–Crippen MR) is 137 cm³/mol. The minimum Gasteiger partial charge on any atom is -0.507 e. The van der Waals surface area contributed by atoms with Gasteiger partial charge in [0.05, 0.1) is 11.6 Å². The molecule has 1 N–H and O–H groups in total. The first-order valence-electron chi connectivity index (χ1n) is 12.2. The van der Waals surface area contributed by atoms with Crippen molar-refractivity contribution >= 4 is 17.4 Å². The van der Waals surface area contributed by atoms with Gasteiger partial charge in [-0.3, -0.25) is 14.6 Å². The largest absolute Gasteiger partial charge is 0.507 e. The lowest BCUT2D eigenvalue weighted by atomic mass is 9.85. The number of pyridine rings is 1. The topological polar surface area (TPSA) is 79.7 Å². The number of Topliss-reactive ketones (excluding diaryl/α,β-unsaturated/α-hetero) is 1. The molecular weight excluding hydrogens is 452 g/mol. The van der Waals surface area contributed by atoms with Crippen LogP contribution in [0.1, 0.15) is 61.6 Å². The fraction of sp³-hybridized carbons (Fsp3) is 0.300. The lowest BCUT2D eigenvalue weighted by Gasteiger charge is -2.26. The van der Waals surface area contributed by atoms with Crippen molar-refractivity contribution in [1.82, 2.24) is 9.88 Å². The van der Waals surface area contributed by atoms with Crippen LogP contribution in [0, 0.1) is 0 Å². The molecule has 1 aromatic heterocycles. The number of hydrogen-bond acceptors (Lipinski definition) is 5. The Hall–Kier alpha value is -3.93. The maximum atomic E-state index is 13.4. The summed E-state index contributed by atoms with van der Waals surface area (Å²) >= 11 is 0. The predicted octanol–water partition coefficient (Wildman–Crippen LogP) is 5.32.